The maximum atomic E-state index is 13.6. The molecular formula is C22H26F3N3O. The number of ether oxygens (including phenoxy) is 1. The Morgan fingerprint density at radius 2 is 1.86 bits per heavy atom. The monoisotopic (exact) mass is 405 g/mol. The summed E-state index contributed by atoms with van der Waals surface area (Å²) in [6, 6.07) is 8.11. The summed E-state index contributed by atoms with van der Waals surface area (Å²) in [6.07, 6.45) is -1.60. The van der Waals surface area contributed by atoms with Crippen LogP contribution in [0.3, 0.4) is 0 Å². The Kier molecular flexibility index (Phi) is 4.55. The van der Waals surface area contributed by atoms with Gasteiger partial charge in [0.2, 0.25) is 5.95 Å². The number of methoxy groups -OCH3 is 1. The van der Waals surface area contributed by atoms with Crippen molar-refractivity contribution in [2.75, 3.05) is 18.6 Å². The van der Waals surface area contributed by atoms with E-state index >= 15 is 0 Å². The van der Waals surface area contributed by atoms with Gasteiger partial charge in [0.15, 0.2) is 5.69 Å². The van der Waals surface area contributed by atoms with Gasteiger partial charge in [-0.2, -0.15) is 13.2 Å². The summed E-state index contributed by atoms with van der Waals surface area (Å²) in [6.45, 7) is 7.36. The fourth-order valence-corrected chi connectivity index (χ4v) is 5.33. The van der Waals surface area contributed by atoms with E-state index in [1.807, 2.05) is 4.90 Å². The molecule has 0 radical (unpaired) electrons. The maximum absolute atomic E-state index is 13.6. The van der Waals surface area contributed by atoms with Gasteiger partial charge in [0.1, 0.15) is 5.75 Å². The highest BCUT2D eigenvalue weighted by atomic mass is 19.4. The number of rotatable bonds is 3. The molecule has 2 atom stereocenters. The van der Waals surface area contributed by atoms with Gasteiger partial charge in [-0.3, -0.25) is 0 Å². The normalized spacial score (nSPS) is 25.9. The Morgan fingerprint density at radius 3 is 2.55 bits per heavy atom. The lowest BCUT2D eigenvalue weighted by molar-refractivity contribution is -0.141. The van der Waals surface area contributed by atoms with Crippen LogP contribution in [-0.4, -0.2) is 29.7 Å². The van der Waals surface area contributed by atoms with Crippen LogP contribution in [0.2, 0.25) is 0 Å². The minimum Gasteiger partial charge on any atom is -0.497 e. The van der Waals surface area contributed by atoms with Gasteiger partial charge in [-0.25, -0.2) is 9.97 Å². The Balaban J connectivity index is 1.80. The van der Waals surface area contributed by atoms with Gasteiger partial charge in [0, 0.05) is 18.2 Å². The minimum atomic E-state index is -4.54. The van der Waals surface area contributed by atoms with Crippen molar-refractivity contribution >= 4 is 5.95 Å². The molecule has 1 aliphatic heterocycles. The molecule has 2 aromatic rings. The summed E-state index contributed by atoms with van der Waals surface area (Å²) in [5.41, 5.74) is 0.148. The molecule has 2 bridgehead atoms. The average Bonchev–Trinajstić information content (AvgIpc) is 2.89. The average molecular weight is 405 g/mol. The summed E-state index contributed by atoms with van der Waals surface area (Å²) in [4.78, 5) is 10.5. The molecule has 4 rings (SSSR count). The lowest BCUT2D eigenvalue weighted by Gasteiger charge is -2.39. The smallest absolute Gasteiger partial charge is 0.433 e. The van der Waals surface area contributed by atoms with Crippen molar-refractivity contribution in [1.82, 2.24) is 9.97 Å². The molecule has 1 saturated carbocycles. The van der Waals surface area contributed by atoms with Crippen molar-refractivity contribution in [2.24, 2.45) is 10.8 Å². The van der Waals surface area contributed by atoms with Crippen molar-refractivity contribution < 1.29 is 17.9 Å². The first-order chi connectivity index (χ1) is 13.5. The van der Waals surface area contributed by atoms with E-state index in [0.717, 1.165) is 25.3 Å². The Bertz CT molecular complexity index is 928. The second-order valence-electron chi connectivity index (χ2n) is 9.51. The Hall–Kier alpha value is -2.31. The molecule has 1 saturated heterocycles. The molecular weight excluding hydrogens is 379 g/mol. The van der Waals surface area contributed by atoms with E-state index in [1.54, 1.807) is 24.3 Å². The molecule has 0 unspecified atom stereocenters. The first-order valence-corrected chi connectivity index (χ1v) is 9.85. The van der Waals surface area contributed by atoms with Crippen LogP contribution in [0, 0.1) is 10.8 Å². The molecule has 7 heteroatoms. The number of anilines is 1. The van der Waals surface area contributed by atoms with E-state index in [0.29, 0.717) is 17.9 Å². The largest absolute Gasteiger partial charge is 0.497 e. The third-order valence-corrected chi connectivity index (χ3v) is 6.04. The van der Waals surface area contributed by atoms with Crippen LogP contribution < -0.4 is 9.64 Å². The van der Waals surface area contributed by atoms with E-state index < -0.39 is 11.9 Å². The van der Waals surface area contributed by atoms with Crippen molar-refractivity contribution in [1.29, 1.82) is 0 Å². The number of aromatic nitrogens is 2. The topological polar surface area (TPSA) is 38.2 Å². The van der Waals surface area contributed by atoms with E-state index in [4.69, 9.17) is 4.74 Å². The number of halogens is 3. The molecule has 0 N–H and O–H groups in total. The lowest BCUT2D eigenvalue weighted by atomic mass is 9.65. The quantitative estimate of drug-likeness (QED) is 0.669. The summed E-state index contributed by atoms with van der Waals surface area (Å²) in [7, 11) is 1.53. The molecule has 1 aromatic heterocycles. The summed E-state index contributed by atoms with van der Waals surface area (Å²) in [5.74, 6) is 0.742. The summed E-state index contributed by atoms with van der Waals surface area (Å²) < 4.78 is 46.1. The zero-order valence-electron chi connectivity index (χ0n) is 17.2. The van der Waals surface area contributed by atoms with Gasteiger partial charge in [-0.15, -0.1) is 0 Å². The van der Waals surface area contributed by atoms with Gasteiger partial charge in [0.05, 0.1) is 12.8 Å². The fourth-order valence-electron chi connectivity index (χ4n) is 5.33. The number of fused-ring (bicyclic) bond motifs is 2. The molecule has 2 aliphatic rings. The molecule has 0 spiro atoms. The van der Waals surface area contributed by atoms with Crippen molar-refractivity contribution in [2.45, 2.75) is 52.3 Å². The van der Waals surface area contributed by atoms with Crippen LogP contribution in [-0.2, 0) is 6.18 Å². The standard InChI is InChI=1S/C22H26F3N3O/c1-20(2)10-15-11-21(3,12-20)13-28(15)19-26-17(9-18(27-19)22(23,24)25)14-6-5-7-16(8-14)29-4/h5-9,15H,10-13H2,1-4H3/t15-,21+/m0/s1. The van der Waals surface area contributed by atoms with Gasteiger partial charge >= 0.3 is 6.18 Å². The zero-order chi connectivity index (χ0) is 21.0. The predicted molar refractivity (Wildman–Crippen MR) is 106 cm³/mol. The molecule has 156 valence electrons. The molecule has 2 fully saturated rings. The van der Waals surface area contributed by atoms with E-state index in [9.17, 15) is 13.2 Å². The molecule has 29 heavy (non-hydrogen) atoms. The minimum absolute atomic E-state index is 0.0696. The molecule has 2 heterocycles. The van der Waals surface area contributed by atoms with Gasteiger partial charge in [-0.05, 0) is 48.3 Å². The van der Waals surface area contributed by atoms with Crippen LogP contribution in [0.4, 0.5) is 19.1 Å². The zero-order valence-corrected chi connectivity index (χ0v) is 17.2. The molecule has 4 nitrogen and oxygen atoms in total. The van der Waals surface area contributed by atoms with Crippen LogP contribution >= 0.6 is 0 Å². The number of benzene rings is 1. The van der Waals surface area contributed by atoms with Crippen LogP contribution in [0.15, 0.2) is 30.3 Å². The molecule has 1 aromatic carbocycles. The highest BCUT2D eigenvalue weighted by Gasteiger charge is 2.50. The second kappa shape index (κ2) is 6.61. The van der Waals surface area contributed by atoms with Crippen molar-refractivity contribution in [3.63, 3.8) is 0 Å². The molecule has 1 aliphatic carbocycles. The number of alkyl halides is 3. The first-order valence-electron chi connectivity index (χ1n) is 9.85. The van der Waals surface area contributed by atoms with E-state index in [-0.39, 0.29) is 28.5 Å². The third kappa shape index (κ3) is 3.91. The molecule has 0 amide bonds. The Labute approximate surface area is 169 Å². The SMILES string of the molecule is COc1cccc(-c2cc(C(F)(F)F)nc(N3C[C@]4(C)C[C@@H]3CC(C)(C)C4)n2)c1. The highest BCUT2D eigenvalue weighted by molar-refractivity contribution is 5.63. The second-order valence-corrected chi connectivity index (χ2v) is 9.51. The van der Waals surface area contributed by atoms with Crippen molar-refractivity contribution in [3.05, 3.63) is 36.0 Å². The predicted octanol–water partition coefficient (Wildman–Crippen LogP) is 5.58. The highest BCUT2D eigenvalue weighted by Crippen LogP contribution is 2.53. The maximum Gasteiger partial charge on any atom is 0.433 e. The number of nitrogens with zero attached hydrogens (tertiary/aromatic N) is 3. The van der Waals surface area contributed by atoms with Crippen molar-refractivity contribution in [3.8, 4) is 17.0 Å². The van der Waals surface area contributed by atoms with Crippen LogP contribution in [0.1, 0.15) is 45.7 Å². The van der Waals surface area contributed by atoms with E-state index in [1.165, 1.54) is 7.11 Å². The summed E-state index contributed by atoms with van der Waals surface area (Å²) in [5, 5.41) is 0. The van der Waals surface area contributed by atoms with Crippen LogP contribution in [0.25, 0.3) is 11.3 Å². The number of hydrogen-bond donors (Lipinski definition) is 0. The van der Waals surface area contributed by atoms with Gasteiger partial charge in [-0.1, -0.05) is 32.9 Å². The van der Waals surface area contributed by atoms with Gasteiger partial charge < -0.3 is 9.64 Å². The fraction of sp³-hybridized carbons (Fsp3) is 0.545. The van der Waals surface area contributed by atoms with Crippen LogP contribution in [0.5, 0.6) is 5.75 Å². The Morgan fingerprint density at radius 1 is 1.10 bits per heavy atom. The third-order valence-electron chi connectivity index (χ3n) is 6.04. The van der Waals surface area contributed by atoms with E-state index in [2.05, 4.69) is 30.7 Å². The van der Waals surface area contributed by atoms with Gasteiger partial charge in [0.25, 0.3) is 0 Å². The first kappa shape index (κ1) is 20.0. The lowest BCUT2D eigenvalue weighted by Crippen LogP contribution is -2.35. The summed E-state index contributed by atoms with van der Waals surface area (Å²) >= 11 is 0. The number of hydrogen-bond acceptors (Lipinski definition) is 4.